The lowest BCUT2D eigenvalue weighted by Crippen LogP contribution is -1.87. The smallest absolute Gasteiger partial charge is 0.00131 e. The van der Waals surface area contributed by atoms with Crippen LogP contribution in [0.3, 0.4) is 0 Å². The predicted octanol–water partition coefficient (Wildman–Crippen LogP) is 6.18. The average Bonchev–Trinajstić information content (AvgIpc) is 2.92. The van der Waals surface area contributed by atoms with Gasteiger partial charge in [-0.1, -0.05) is 60.7 Å². The Morgan fingerprint density at radius 2 is 1.43 bits per heavy atom. The van der Waals surface area contributed by atoms with E-state index in [1.807, 2.05) is 0 Å². The molecule has 0 N–H and O–H groups in total. The lowest BCUT2D eigenvalue weighted by molar-refractivity contribution is 1.23. The fourth-order valence-electron chi connectivity index (χ4n) is 4.06. The third-order valence-corrected chi connectivity index (χ3v) is 5.37. The number of hydrogen-bond acceptors (Lipinski definition) is 0. The van der Waals surface area contributed by atoms with Gasteiger partial charge >= 0.3 is 0 Å². The van der Waals surface area contributed by atoms with Gasteiger partial charge in [-0.25, -0.2) is 0 Å². The van der Waals surface area contributed by atoms with E-state index in [1.54, 1.807) is 0 Å². The van der Waals surface area contributed by atoms with Crippen molar-refractivity contribution in [3.05, 3.63) is 82.9 Å². The van der Waals surface area contributed by atoms with Crippen molar-refractivity contribution in [3.8, 4) is 11.1 Å². The molecule has 0 spiro atoms. The zero-order valence-electron chi connectivity index (χ0n) is 13.5. The molecule has 0 radical (unpaired) electrons. The van der Waals surface area contributed by atoms with Crippen LogP contribution in [0.15, 0.2) is 60.7 Å². The first-order valence-electron chi connectivity index (χ1n) is 8.26. The summed E-state index contributed by atoms with van der Waals surface area (Å²) in [6, 6.07) is 22.6. The zero-order chi connectivity index (χ0) is 15.6. The van der Waals surface area contributed by atoms with Crippen molar-refractivity contribution in [3.63, 3.8) is 0 Å². The lowest BCUT2D eigenvalue weighted by Gasteiger charge is -2.11. The van der Waals surface area contributed by atoms with Crippen LogP contribution < -0.4 is 0 Å². The van der Waals surface area contributed by atoms with Crippen molar-refractivity contribution in [1.29, 1.82) is 0 Å². The maximum Gasteiger partial charge on any atom is -0.00131 e. The lowest BCUT2D eigenvalue weighted by atomic mass is 9.92. The number of rotatable bonds is 0. The Balaban J connectivity index is 1.99. The Morgan fingerprint density at radius 1 is 0.696 bits per heavy atom. The summed E-state index contributed by atoms with van der Waals surface area (Å²) in [5, 5.41) is 5.45. The Bertz CT molecular complexity index is 1100. The fourth-order valence-corrected chi connectivity index (χ4v) is 4.06. The maximum atomic E-state index is 2.39. The quantitative estimate of drug-likeness (QED) is 0.299. The van der Waals surface area contributed by atoms with Gasteiger partial charge in [-0.2, -0.15) is 0 Å². The van der Waals surface area contributed by atoms with E-state index >= 15 is 0 Å². The molecule has 0 heterocycles. The van der Waals surface area contributed by atoms with Crippen LogP contribution in [-0.4, -0.2) is 0 Å². The van der Waals surface area contributed by atoms with E-state index in [1.165, 1.54) is 54.9 Å². The summed E-state index contributed by atoms with van der Waals surface area (Å²) in [5.41, 5.74) is 8.61. The van der Waals surface area contributed by atoms with Crippen molar-refractivity contribution in [1.82, 2.24) is 0 Å². The van der Waals surface area contributed by atoms with E-state index in [9.17, 15) is 0 Å². The predicted molar refractivity (Wildman–Crippen MR) is 99.2 cm³/mol. The molecule has 0 amide bonds. The minimum absolute atomic E-state index is 1.06. The largest absolute Gasteiger partial charge is 0.0616 e. The van der Waals surface area contributed by atoms with E-state index in [4.69, 9.17) is 0 Å². The Hall–Kier alpha value is -2.60. The molecule has 4 aromatic carbocycles. The van der Waals surface area contributed by atoms with Gasteiger partial charge in [-0.15, -0.1) is 0 Å². The molecule has 1 aliphatic rings. The summed E-state index contributed by atoms with van der Waals surface area (Å²) in [6.07, 6.45) is 1.06. The molecule has 110 valence electrons. The summed E-state index contributed by atoms with van der Waals surface area (Å²) in [7, 11) is 0. The highest BCUT2D eigenvalue weighted by atomic mass is 14.3. The van der Waals surface area contributed by atoms with Gasteiger partial charge in [0.1, 0.15) is 0 Å². The third kappa shape index (κ3) is 1.72. The number of benzene rings is 4. The summed E-state index contributed by atoms with van der Waals surface area (Å²) >= 11 is 0. The molecular formula is C23H18. The van der Waals surface area contributed by atoms with Gasteiger partial charge in [0, 0.05) is 0 Å². The van der Waals surface area contributed by atoms with Crippen LogP contribution in [0, 0.1) is 13.8 Å². The summed E-state index contributed by atoms with van der Waals surface area (Å²) in [5.74, 6) is 0. The third-order valence-electron chi connectivity index (χ3n) is 5.37. The minimum Gasteiger partial charge on any atom is -0.0616 e. The summed E-state index contributed by atoms with van der Waals surface area (Å²) < 4.78 is 0. The summed E-state index contributed by atoms with van der Waals surface area (Å²) in [4.78, 5) is 0. The van der Waals surface area contributed by atoms with Crippen molar-refractivity contribution in [2.75, 3.05) is 0 Å². The molecule has 0 nitrogen and oxygen atoms in total. The first-order chi connectivity index (χ1) is 11.2. The van der Waals surface area contributed by atoms with Crippen LogP contribution in [0.5, 0.6) is 0 Å². The van der Waals surface area contributed by atoms with Crippen LogP contribution in [0.4, 0.5) is 0 Å². The second kappa shape index (κ2) is 4.45. The Kier molecular flexibility index (Phi) is 2.50. The monoisotopic (exact) mass is 294 g/mol. The molecule has 1 aliphatic carbocycles. The topological polar surface area (TPSA) is 0 Å². The van der Waals surface area contributed by atoms with Crippen molar-refractivity contribution in [2.45, 2.75) is 20.3 Å². The second-order valence-corrected chi connectivity index (χ2v) is 6.75. The van der Waals surface area contributed by atoms with Gasteiger partial charge in [0.25, 0.3) is 0 Å². The molecule has 0 heteroatoms. The molecule has 0 fully saturated rings. The highest BCUT2D eigenvalue weighted by molar-refractivity contribution is 6.16. The molecule has 0 bridgehead atoms. The molecule has 0 atom stereocenters. The van der Waals surface area contributed by atoms with Crippen molar-refractivity contribution >= 4 is 21.5 Å². The van der Waals surface area contributed by atoms with E-state index in [-0.39, 0.29) is 0 Å². The molecular weight excluding hydrogens is 276 g/mol. The van der Waals surface area contributed by atoms with Gasteiger partial charge < -0.3 is 0 Å². The van der Waals surface area contributed by atoms with Crippen LogP contribution in [0.1, 0.15) is 22.3 Å². The first kappa shape index (κ1) is 12.9. The van der Waals surface area contributed by atoms with Gasteiger partial charge in [0.15, 0.2) is 0 Å². The summed E-state index contributed by atoms with van der Waals surface area (Å²) in [6.45, 7) is 4.43. The first-order valence-corrected chi connectivity index (χ1v) is 8.26. The molecule has 0 aromatic heterocycles. The van der Waals surface area contributed by atoms with Gasteiger partial charge in [0.2, 0.25) is 0 Å². The Labute approximate surface area is 136 Å². The second-order valence-electron chi connectivity index (χ2n) is 6.75. The van der Waals surface area contributed by atoms with Gasteiger partial charge in [-0.05, 0) is 75.2 Å². The minimum atomic E-state index is 1.06. The normalized spacial score (nSPS) is 12.6. The molecule has 0 aliphatic heterocycles. The van der Waals surface area contributed by atoms with E-state index < -0.39 is 0 Å². The van der Waals surface area contributed by atoms with Crippen LogP contribution in [-0.2, 0) is 6.42 Å². The number of aryl methyl sites for hydroxylation is 2. The van der Waals surface area contributed by atoms with Gasteiger partial charge in [-0.3, -0.25) is 0 Å². The highest BCUT2D eigenvalue weighted by Gasteiger charge is 2.22. The van der Waals surface area contributed by atoms with Crippen LogP contribution in [0.2, 0.25) is 0 Å². The van der Waals surface area contributed by atoms with Crippen LogP contribution >= 0.6 is 0 Å². The van der Waals surface area contributed by atoms with Crippen molar-refractivity contribution < 1.29 is 0 Å². The molecule has 0 saturated heterocycles. The van der Waals surface area contributed by atoms with Crippen LogP contribution in [0.25, 0.3) is 32.7 Å². The van der Waals surface area contributed by atoms with E-state index in [0.29, 0.717) is 0 Å². The molecule has 0 saturated carbocycles. The van der Waals surface area contributed by atoms with Crippen molar-refractivity contribution in [2.24, 2.45) is 0 Å². The number of fused-ring (bicyclic) bond motifs is 7. The molecule has 4 aromatic rings. The average molecular weight is 294 g/mol. The Morgan fingerprint density at radius 3 is 2.35 bits per heavy atom. The highest BCUT2D eigenvalue weighted by Crippen LogP contribution is 2.44. The van der Waals surface area contributed by atoms with E-state index in [0.717, 1.165) is 6.42 Å². The maximum absolute atomic E-state index is 2.39. The van der Waals surface area contributed by atoms with E-state index in [2.05, 4.69) is 74.5 Å². The fraction of sp³-hybridized carbons (Fsp3) is 0.130. The number of hydrogen-bond donors (Lipinski definition) is 0. The SMILES string of the molecule is Cc1cc2c(cc1C)-c1c(ccc3ccc4ccccc4c13)C2. The molecule has 5 rings (SSSR count). The standard InChI is InChI=1S/C23H18/c1-14-11-19-13-18-10-9-17-8-7-16-5-3-4-6-20(16)22(17)23(18)21(19)12-15(14)2/h3-12H,13H2,1-2H3. The van der Waals surface area contributed by atoms with Gasteiger partial charge in [0.05, 0.1) is 0 Å². The molecule has 0 unspecified atom stereocenters. The zero-order valence-corrected chi connectivity index (χ0v) is 13.5. The molecule has 23 heavy (non-hydrogen) atoms.